The van der Waals surface area contributed by atoms with E-state index < -0.39 is 28.5 Å². The Labute approximate surface area is 253 Å². The Kier molecular flexibility index (Phi) is 11.3. The second-order valence-electron chi connectivity index (χ2n) is 8.69. The third-order valence-corrected chi connectivity index (χ3v) is 9.01. The van der Waals surface area contributed by atoms with Crippen LogP contribution in [0.1, 0.15) is 25.8 Å². The fourth-order valence-electron chi connectivity index (χ4n) is 4.06. The molecule has 12 heteroatoms. The van der Waals surface area contributed by atoms with Crippen molar-refractivity contribution in [1.29, 1.82) is 0 Å². The molecule has 0 heterocycles. The maximum atomic E-state index is 14.0. The number of rotatable bonds is 12. The standard InChI is InChI=1S/C28H30BrCl2N3O5S/c1-4-26(28(36)32-3)33(17-19-6-9-21(30)16-25(19)31)27(35)18-34(22-10-12-23(13-11-22)39-5-2)40(37,38)24-14-7-20(29)8-15-24/h6-16,26H,4-5,17-18H2,1-3H3,(H,32,36)/t26-/m1/s1. The maximum Gasteiger partial charge on any atom is 0.264 e. The summed E-state index contributed by atoms with van der Waals surface area (Å²) in [7, 11) is -2.71. The van der Waals surface area contributed by atoms with E-state index in [2.05, 4.69) is 21.2 Å². The fourth-order valence-corrected chi connectivity index (χ4v) is 6.20. The van der Waals surface area contributed by atoms with Crippen molar-refractivity contribution in [2.45, 2.75) is 37.8 Å². The SMILES string of the molecule is CCOc1ccc(N(CC(=O)N(Cc2ccc(Cl)cc2Cl)[C@H](CC)C(=O)NC)S(=O)(=O)c2ccc(Br)cc2)cc1. The first-order valence-corrected chi connectivity index (χ1v) is 15.5. The van der Waals surface area contributed by atoms with Crippen molar-refractivity contribution in [2.24, 2.45) is 0 Å². The lowest BCUT2D eigenvalue weighted by Gasteiger charge is -2.33. The molecule has 0 unspecified atom stereocenters. The zero-order chi connectivity index (χ0) is 29.4. The first kappa shape index (κ1) is 31.7. The van der Waals surface area contributed by atoms with Gasteiger partial charge in [-0.15, -0.1) is 0 Å². The molecule has 214 valence electrons. The lowest BCUT2D eigenvalue weighted by atomic mass is 10.1. The molecule has 0 spiro atoms. The molecule has 0 aromatic heterocycles. The summed E-state index contributed by atoms with van der Waals surface area (Å²) in [6, 6.07) is 16.5. The highest BCUT2D eigenvalue weighted by molar-refractivity contribution is 9.10. The van der Waals surface area contributed by atoms with Crippen LogP contribution in [0.4, 0.5) is 5.69 Å². The lowest BCUT2D eigenvalue weighted by Crippen LogP contribution is -2.51. The van der Waals surface area contributed by atoms with E-state index in [0.717, 1.165) is 4.31 Å². The molecule has 0 aliphatic rings. The number of carbonyl (C=O) groups is 2. The van der Waals surface area contributed by atoms with Crippen LogP contribution in [0.3, 0.4) is 0 Å². The molecule has 0 aliphatic heterocycles. The van der Waals surface area contributed by atoms with Crippen molar-refractivity contribution in [1.82, 2.24) is 10.2 Å². The Morgan fingerprint density at radius 1 is 1.00 bits per heavy atom. The van der Waals surface area contributed by atoms with Gasteiger partial charge < -0.3 is 15.0 Å². The molecule has 40 heavy (non-hydrogen) atoms. The minimum atomic E-state index is -4.19. The minimum absolute atomic E-state index is 0.00280. The number of amides is 2. The molecule has 0 radical (unpaired) electrons. The van der Waals surface area contributed by atoms with Crippen LogP contribution in [0.2, 0.25) is 10.0 Å². The summed E-state index contributed by atoms with van der Waals surface area (Å²) in [6.45, 7) is 3.46. The van der Waals surface area contributed by atoms with Gasteiger partial charge in [-0.05, 0) is 79.6 Å². The van der Waals surface area contributed by atoms with E-state index in [1.807, 2.05) is 6.92 Å². The molecule has 3 aromatic rings. The third kappa shape index (κ3) is 7.69. The second kappa shape index (κ2) is 14.2. The number of sulfonamides is 1. The quantitative estimate of drug-likeness (QED) is 0.259. The molecule has 1 atom stereocenters. The molecular weight excluding hydrogens is 641 g/mol. The number of anilines is 1. The van der Waals surface area contributed by atoms with Gasteiger partial charge in [0.15, 0.2) is 0 Å². The van der Waals surface area contributed by atoms with Crippen molar-refractivity contribution >= 4 is 66.7 Å². The van der Waals surface area contributed by atoms with E-state index in [1.54, 1.807) is 61.5 Å². The van der Waals surface area contributed by atoms with Gasteiger partial charge in [0.1, 0.15) is 18.3 Å². The average Bonchev–Trinajstić information content (AvgIpc) is 2.93. The molecule has 1 N–H and O–H groups in total. The summed E-state index contributed by atoms with van der Waals surface area (Å²) in [5.41, 5.74) is 0.822. The van der Waals surface area contributed by atoms with E-state index >= 15 is 0 Å². The predicted molar refractivity (Wildman–Crippen MR) is 161 cm³/mol. The molecule has 0 saturated heterocycles. The van der Waals surface area contributed by atoms with Crippen LogP contribution in [0.15, 0.2) is 76.1 Å². The Hall–Kier alpha value is -2.79. The summed E-state index contributed by atoms with van der Waals surface area (Å²) in [6.07, 6.45) is 0.291. The number of ether oxygens (including phenoxy) is 1. The van der Waals surface area contributed by atoms with E-state index in [9.17, 15) is 18.0 Å². The van der Waals surface area contributed by atoms with Crippen molar-refractivity contribution in [3.8, 4) is 5.75 Å². The highest BCUT2D eigenvalue weighted by atomic mass is 79.9. The van der Waals surface area contributed by atoms with Gasteiger partial charge in [-0.2, -0.15) is 0 Å². The first-order chi connectivity index (χ1) is 19.0. The molecule has 0 fully saturated rings. The number of halogens is 3. The normalized spacial score (nSPS) is 11.9. The van der Waals surface area contributed by atoms with Crippen molar-refractivity contribution in [3.63, 3.8) is 0 Å². The molecule has 0 bridgehead atoms. The number of nitrogens with zero attached hydrogens (tertiary/aromatic N) is 2. The van der Waals surface area contributed by atoms with Crippen molar-refractivity contribution in [3.05, 3.63) is 86.8 Å². The van der Waals surface area contributed by atoms with Gasteiger partial charge in [-0.3, -0.25) is 13.9 Å². The monoisotopic (exact) mass is 669 g/mol. The average molecular weight is 671 g/mol. The highest BCUT2D eigenvalue weighted by Gasteiger charge is 2.33. The Morgan fingerprint density at radius 2 is 1.65 bits per heavy atom. The number of hydrogen-bond acceptors (Lipinski definition) is 5. The Bertz CT molecular complexity index is 1440. The number of carbonyl (C=O) groups excluding carboxylic acids is 2. The van der Waals surface area contributed by atoms with Crippen LogP contribution < -0.4 is 14.4 Å². The molecule has 0 aliphatic carbocycles. The van der Waals surface area contributed by atoms with Crippen LogP contribution in [-0.2, 0) is 26.2 Å². The summed E-state index contributed by atoms with van der Waals surface area (Å²) < 4.78 is 35.0. The molecule has 8 nitrogen and oxygen atoms in total. The van der Waals surface area contributed by atoms with Crippen molar-refractivity contribution < 1.29 is 22.7 Å². The Morgan fingerprint density at radius 3 is 2.20 bits per heavy atom. The van der Waals surface area contributed by atoms with Gasteiger partial charge in [0.05, 0.1) is 17.2 Å². The van der Waals surface area contributed by atoms with Gasteiger partial charge >= 0.3 is 0 Å². The predicted octanol–water partition coefficient (Wildman–Crippen LogP) is 5.90. The summed E-state index contributed by atoms with van der Waals surface area (Å²) in [5, 5.41) is 3.33. The maximum absolute atomic E-state index is 14.0. The lowest BCUT2D eigenvalue weighted by molar-refractivity contribution is -0.140. The van der Waals surface area contributed by atoms with E-state index in [-0.39, 0.29) is 23.0 Å². The van der Waals surface area contributed by atoms with Gasteiger partial charge in [-0.1, -0.05) is 52.1 Å². The molecular formula is C28H30BrCl2N3O5S. The van der Waals surface area contributed by atoms with Crippen LogP contribution >= 0.6 is 39.1 Å². The van der Waals surface area contributed by atoms with E-state index in [4.69, 9.17) is 27.9 Å². The minimum Gasteiger partial charge on any atom is -0.494 e. The Balaban J connectivity index is 2.07. The number of hydrogen-bond donors (Lipinski definition) is 1. The number of likely N-dealkylation sites (N-methyl/N-ethyl adjacent to an activating group) is 1. The van der Waals surface area contributed by atoms with Gasteiger partial charge in [0.25, 0.3) is 10.0 Å². The van der Waals surface area contributed by atoms with Crippen LogP contribution in [0.25, 0.3) is 0 Å². The smallest absolute Gasteiger partial charge is 0.264 e. The number of nitrogens with one attached hydrogen (secondary N) is 1. The zero-order valence-electron chi connectivity index (χ0n) is 22.2. The third-order valence-electron chi connectivity index (χ3n) is 6.10. The summed E-state index contributed by atoms with van der Waals surface area (Å²) in [4.78, 5) is 28.1. The number of benzene rings is 3. The first-order valence-electron chi connectivity index (χ1n) is 12.5. The van der Waals surface area contributed by atoms with E-state index in [0.29, 0.717) is 38.9 Å². The largest absolute Gasteiger partial charge is 0.494 e. The molecule has 3 aromatic carbocycles. The summed E-state index contributed by atoms with van der Waals surface area (Å²) >= 11 is 15.8. The fraction of sp³-hybridized carbons (Fsp3) is 0.286. The van der Waals surface area contributed by atoms with Crippen LogP contribution in [0, 0.1) is 0 Å². The van der Waals surface area contributed by atoms with Gasteiger partial charge in [0.2, 0.25) is 11.8 Å². The topological polar surface area (TPSA) is 96.0 Å². The summed E-state index contributed by atoms with van der Waals surface area (Å²) in [5.74, 6) is -0.413. The van der Waals surface area contributed by atoms with Crippen LogP contribution in [0.5, 0.6) is 5.75 Å². The van der Waals surface area contributed by atoms with Crippen LogP contribution in [-0.4, -0.2) is 51.4 Å². The van der Waals surface area contributed by atoms with Crippen molar-refractivity contribution in [2.75, 3.05) is 24.5 Å². The molecule has 2 amide bonds. The molecule has 0 saturated carbocycles. The van der Waals surface area contributed by atoms with E-state index in [1.165, 1.54) is 24.1 Å². The zero-order valence-corrected chi connectivity index (χ0v) is 26.1. The van der Waals surface area contributed by atoms with Gasteiger partial charge in [0, 0.05) is 28.1 Å². The molecule has 3 rings (SSSR count). The highest BCUT2D eigenvalue weighted by Crippen LogP contribution is 2.28. The van der Waals surface area contributed by atoms with Gasteiger partial charge in [-0.25, -0.2) is 8.42 Å². The second-order valence-corrected chi connectivity index (χ2v) is 12.3.